The van der Waals surface area contributed by atoms with E-state index < -0.39 is 0 Å². The predicted octanol–water partition coefficient (Wildman–Crippen LogP) is 6.16. The van der Waals surface area contributed by atoms with Gasteiger partial charge in [0.1, 0.15) is 5.75 Å². The summed E-state index contributed by atoms with van der Waals surface area (Å²) in [6.07, 6.45) is -0.355. The highest BCUT2D eigenvalue weighted by Crippen LogP contribution is 2.31. The molecule has 0 fully saturated rings. The van der Waals surface area contributed by atoms with E-state index in [1.807, 2.05) is 67.8 Å². The van der Waals surface area contributed by atoms with E-state index in [0.717, 1.165) is 11.3 Å². The molecule has 170 valence electrons. The maximum absolute atomic E-state index is 12.8. The molecule has 3 aromatic rings. The number of ether oxygens (including phenoxy) is 1. The fourth-order valence-electron chi connectivity index (χ4n) is 3.19. The second-order valence-electron chi connectivity index (χ2n) is 8.15. The number of hydrogen-bond acceptors (Lipinski definition) is 5. The van der Waals surface area contributed by atoms with Crippen molar-refractivity contribution in [1.82, 2.24) is 14.8 Å². The Morgan fingerprint density at radius 2 is 1.88 bits per heavy atom. The molecule has 2 unspecified atom stereocenters. The molecular formula is C24H29ClN4O2S. The minimum atomic E-state index is -0.355. The van der Waals surface area contributed by atoms with Gasteiger partial charge in [-0.25, -0.2) is 0 Å². The lowest BCUT2D eigenvalue weighted by Gasteiger charge is -2.19. The van der Waals surface area contributed by atoms with Crippen LogP contribution in [0, 0.1) is 12.8 Å². The summed E-state index contributed by atoms with van der Waals surface area (Å²) < 4.78 is 8.10. The highest BCUT2D eigenvalue weighted by atomic mass is 35.5. The van der Waals surface area contributed by atoms with Crippen molar-refractivity contribution in [1.29, 1.82) is 0 Å². The van der Waals surface area contributed by atoms with Crippen molar-refractivity contribution in [2.24, 2.45) is 5.92 Å². The number of aromatic nitrogens is 3. The molecule has 1 amide bonds. The van der Waals surface area contributed by atoms with Crippen molar-refractivity contribution in [3.63, 3.8) is 0 Å². The van der Waals surface area contributed by atoms with Crippen molar-refractivity contribution in [2.75, 3.05) is 5.32 Å². The second-order valence-corrected chi connectivity index (χ2v) is 9.87. The lowest BCUT2D eigenvalue weighted by molar-refractivity contribution is -0.115. The normalized spacial score (nSPS) is 13.1. The Hall–Kier alpha value is -2.51. The summed E-state index contributed by atoms with van der Waals surface area (Å²) in [7, 11) is 0. The molecule has 0 aliphatic rings. The molecule has 0 aliphatic heterocycles. The van der Waals surface area contributed by atoms with Crippen molar-refractivity contribution in [3.05, 3.63) is 64.9 Å². The quantitative estimate of drug-likeness (QED) is 0.378. The number of rotatable bonds is 9. The van der Waals surface area contributed by atoms with Gasteiger partial charge in [0.15, 0.2) is 17.1 Å². The monoisotopic (exact) mass is 472 g/mol. The van der Waals surface area contributed by atoms with Gasteiger partial charge in [-0.2, -0.15) is 0 Å². The van der Waals surface area contributed by atoms with Crippen LogP contribution in [0.3, 0.4) is 0 Å². The van der Waals surface area contributed by atoms with Gasteiger partial charge in [-0.05, 0) is 56.5 Å². The fraction of sp³-hybridized carbons (Fsp3) is 0.375. The summed E-state index contributed by atoms with van der Waals surface area (Å²) >= 11 is 7.64. The van der Waals surface area contributed by atoms with Gasteiger partial charge in [-0.3, -0.25) is 4.79 Å². The van der Waals surface area contributed by atoms with Crippen LogP contribution in [0.4, 0.5) is 5.69 Å². The van der Waals surface area contributed by atoms with Crippen LogP contribution in [-0.4, -0.2) is 25.9 Å². The Labute approximate surface area is 198 Å². The van der Waals surface area contributed by atoms with Gasteiger partial charge < -0.3 is 14.6 Å². The lowest BCUT2D eigenvalue weighted by Crippen LogP contribution is -2.23. The molecule has 1 heterocycles. The molecule has 2 aromatic carbocycles. The number of carbonyl (C=O) groups is 1. The van der Waals surface area contributed by atoms with E-state index in [0.29, 0.717) is 34.2 Å². The van der Waals surface area contributed by atoms with Gasteiger partial charge in [0.25, 0.3) is 0 Å². The van der Waals surface area contributed by atoms with E-state index in [9.17, 15) is 4.79 Å². The Balaban J connectivity index is 1.76. The molecule has 0 saturated carbocycles. The number of para-hydroxylation sites is 1. The average Bonchev–Trinajstić information content (AvgIpc) is 3.11. The van der Waals surface area contributed by atoms with E-state index in [4.69, 9.17) is 16.3 Å². The molecule has 2 atom stereocenters. The smallest absolute Gasteiger partial charge is 0.237 e. The zero-order valence-electron chi connectivity index (χ0n) is 19.0. The maximum atomic E-state index is 12.8. The van der Waals surface area contributed by atoms with Crippen LogP contribution >= 0.6 is 23.4 Å². The number of carbonyl (C=O) groups excluding carboxylic acids is 1. The van der Waals surface area contributed by atoms with Crippen molar-refractivity contribution in [2.45, 2.75) is 57.7 Å². The van der Waals surface area contributed by atoms with Gasteiger partial charge in [0, 0.05) is 12.2 Å². The molecule has 0 aliphatic carbocycles. The van der Waals surface area contributed by atoms with Crippen LogP contribution < -0.4 is 10.1 Å². The number of thioether (sulfide) groups is 1. The summed E-state index contributed by atoms with van der Waals surface area (Å²) in [4.78, 5) is 12.8. The maximum Gasteiger partial charge on any atom is 0.237 e. The molecule has 32 heavy (non-hydrogen) atoms. The van der Waals surface area contributed by atoms with Gasteiger partial charge in [0.05, 0.1) is 10.3 Å². The largest absolute Gasteiger partial charge is 0.481 e. The van der Waals surface area contributed by atoms with Gasteiger partial charge in [0.2, 0.25) is 5.91 Å². The topological polar surface area (TPSA) is 69.0 Å². The van der Waals surface area contributed by atoms with Gasteiger partial charge >= 0.3 is 0 Å². The molecule has 0 spiro atoms. The number of nitrogens with one attached hydrogen (secondary N) is 1. The molecule has 1 N–H and O–H groups in total. The van der Waals surface area contributed by atoms with Crippen LogP contribution in [-0.2, 0) is 11.3 Å². The molecular weight excluding hydrogens is 444 g/mol. The fourth-order valence-corrected chi connectivity index (χ4v) is 4.23. The molecule has 0 bridgehead atoms. The summed E-state index contributed by atoms with van der Waals surface area (Å²) in [5, 5.41) is 12.6. The number of nitrogens with zero attached hydrogens (tertiary/aromatic N) is 3. The van der Waals surface area contributed by atoms with E-state index >= 15 is 0 Å². The highest BCUT2D eigenvalue weighted by Gasteiger charge is 2.24. The van der Waals surface area contributed by atoms with Crippen LogP contribution in [0.1, 0.15) is 45.2 Å². The summed E-state index contributed by atoms with van der Waals surface area (Å²) in [5.41, 5.74) is 1.88. The molecule has 6 nitrogen and oxygen atoms in total. The summed E-state index contributed by atoms with van der Waals surface area (Å²) in [5.74, 6) is 1.59. The number of aryl methyl sites for hydroxylation is 1. The predicted molar refractivity (Wildman–Crippen MR) is 130 cm³/mol. The number of benzene rings is 2. The first-order chi connectivity index (χ1) is 15.2. The third-order valence-electron chi connectivity index (χ3n) is 4.73. The minimum absolute atomic E-state index is 0.0818. The first-order valence-corrected chi connectivity index (χ1v) is 11.9. The third kappa shape index (κ3) is 6.26. The third-order valence-corrected chi connectivity index (χ3v) is 6.13. The molecule has 0 radical (unpaired) electrons. The Morgan fingerprint density at radius 1 is 1.12 bits per heavy atom. The van der Waals surface area contributed by atoms with Crippen LogP contribution in [0.5, 0.6) is 5.75 Å². The first kappa shape index (κ1) is 24.1. The molecule has 3 rings (SSSR count). The Bertz CT molecular complexity index is 1070. The lowest BCUT2D eigenvalue weighted by atomic mass is 10.2. The van der Waals surface area contributed by atoms with Gasteiger partial charge in [-0.15, -0.1) is 10.2 Å². The van der Waals surface area contributed by atoms with E-state index in [2.05, 4.69) is 29.4 Å². The van der Waals surface area contributed by atoms with E-state index in [1.54, 1.807) is 6.07 Å². The van der Waals surface area contributed by atoms with E-state index in [1.165, 1.54) is 11.8 Å². The van der Waals surface area contributed by atoms with Crippen LogP contribution in [0.25, 0.3) is 0 Å². The zero-order chi connectivity index (χ0) is 23.3. The van der Waals surface area contributed by atoms with E-state index in [-0.39, 0.29) is 17.3 Å². The summed E-state index contributed by atoms with van der Waals surface area (Å²) in [6.45, 7) is 10.8. The number of halogens is 1. The van der Waals surface area contributed by atoms with Crippen LogP contribution in [0.15, 0.2) is 53.7 Å². The van der Waals surface area contributed by atoms with Crippen LogP contribution in [0.2, 0.25) is 5.02 Å². The summed E-state index contributed by atoms with van der Waals surface area (Å²) in [6, 6.07) is 15.1. The number of hydrogen-bond donors (Lipinski definition) is 1. The number of amides is 1. The molecule has 8 heteroatoms. The Kier molecular flexibility index (Phi) is 8.21. The van der Waals surface area contributed by atoms with Crippen molar-refractivity contribution in [3.8, 4) is 5.75 Å². The highest BCUT2D eigenvalue weighted by molar-refractivity contribution is 8.00. The van der Waals surface area contributed by atoms with Crippen molar-refractivity contribution < 1.29 is 9.53 Å². The SMILES string of the molecule is Cc1cccc(NC(=O)C(C)Sc2nnc(C(C)Oc3ccccc3Cl)n2CC(C)C)c1. The average molecular weight is 473 g/mol. The zero-order valence-corrected chi connectivity index (χ0v) is 20.6. The van der Waals surface area contributed by atoms with Gasteiger partial charge in [-0.1, -0.05) is 61.5 Å². The second kappa shape index (κ2) is 10.9. The molecule has 0 saturated heterocycles. The Morgan fingerprint density at radius 3 is 2.56 bits per heavy atom. The van der Waals surface area contributed by atoms with Crippen molar-refractivity contribution >= 4 is 35.0 Å². The standard InChI is InChI=1S/C24H29ClN4O2S/c1-15(2)14-29-22(17(4)31-21-12-7-6-11-20(21)25)27-28-24(29)32-18(5)23(30)26-19-10-8-9-16(3)13-19/h6-13,15,17-18H,14H2,1-5H3,(H,26,30). The minimum Gasteiger partial charge on any atom is -0.481 e. The first-order valence-electron chi connectivity index (χ1n) is 10.6. The number of anilines is 1. The molecule has 1 aromatic heterocycles.